The molecule has 0 amide bonds. The first kappa shape index (κ1) is 16.9. The molecule has 3 aromatic rings. The van der Waals surface area contributed by atoms with Crippen molar-refractivity contribution in [2.75, 3.05) is 13.1 Å². The van der Waals surface area contributed by atoms with Gasteiger partial charge in [0.1, 0.15) is 0 Å². The molecule has 0 radical (unpaired) electrons. The molecule has 7 heteroatoms. The first-order valence-corrected chi connectivity index (χ1v) is 9.14. The predicted octanol–water partition coefficient (Wildman–Crippen LogP) is 1.90. The molecule has 0 aliphatic carbocycles. The zero-order chi connectivity index (χ0) is 17.9. The highest BCUT2D eigenvalue weighted by molar-refractivity contribution is 5.58. The number of hydrogen-bond donors (Lipinski definition) is 2. The lowest BCUT2D eigenvalue weighted by Crippen LogP contribution is -2.54. The van der Waals surface area contributed by atoms with Crippen LogP contribution in [0.3, 0.4) is 0 Å². The second kappa shape index (κ2) is 7.39. The standard InChI is InChI=1S/C19H25N7/c1-14-9-20-10-15(2)26(14)13-18-12-25(24-22-18)11-17-8-19(23-21-17)16-6-4-3-5-7-16/h3-8,12,14-15,20H,9-11,13H2,1-2H3,(H,21,23)/t14-,15+. The van der Waals surface area contributed by atoms with Gasteiger partial charge in [0.15, 0.2) is 0 Å². The Kier molecular flexibility index (Phi) is 4.81. The Morgan fingerprint density at radius 1 is 1.08 bits per heavy atom. The van der Waals surface area contributed by atoms with Crippen LogP contribution in [0.5, 0.6) is 0 Å². The van der Waals surface area contributed by atoms with E-state index in [9.17, 15) is 0 Å². The largest absolute Gasteiger partial charge is 0.314 e. The van der Waals surface area contributed by atoms with E-state index < -0.39 is 0 Å². The van der Waals surface area contributed by atoms with Crippen molar-refractivity contribution < 1.29 is 0 Å². The minimum atomic E-state index is 0.505. The summed E-state index contributed by atoms with van der Waals surface area (Å²) in [5, 5.41) is 19.6. The van der Waals surface area contributed by atoms with Crippen LogP contribution < -0.4 is 5.32 Å². The molecule has 3 heterocycles. The van der Waals surface area contributed by atoms with Crippen LogP contribution in [0.25, 0.3) is 11.3 Å². The van der Waals surface area contributed by atoms with Crippen LogP contribution in [0.15, 0.2) is 42.6 Å². The van der Waals surface area contributed by atoms with Gasteiger partial charge >= 0.3 is 0 Å². The number of H-pyrrole nitrogens is 1. The second-order valence-electron chi connectivity index (χ2n) is 7.08. The summed E-state index contributed by atoms with van der Waals surface area (Å²) >= 11 is 0. The molecule has 0 saturated carbocycles. The molecule has 7 nitrogen and oxygen atoms in total. The number of aromatic nitrogens is 5. The van der Waals surface area contributed by atoms with Crippen molar-refractivity contribution in [1.29, 1.82) is 0 Å². The maximum Gasteiger partial charge on any atom is 0.0967 e. The van der Waals surface area contributed by atoms with E-state index >= 15 is 0 Å². The summed E-state index contributed by atoms with van der Waals surface area (Å²) in [5.41, 5.74) is 4.08. The predicted molar refractivity (Wildman–Crippen MR) is 100 cm³/mol. The Hall–Kier alpha value is -2.51. The van der Waals surface area contributed by atoms with Crippen LogP contribution in [0.4, 0.5) is 0 Å². The van der Waals surface area contributed by atoms with Crippen LogP contribution in [-0.2, 0) is 13.1 Å². The fourth-order valence-electron chi connectivity index (χ4n) is 3.53. The number of nitrogens with zero attached hydrogens (tertiary/aromatic N) is 5. The average molecular weight is 351 g/mol. The van der Waals surface area contributed by atoms with Crippen molar-refractivity contribution in [3.63, 3.8) is 0 Å². The SMILES string of the molecule is C[C@@H]1CNC[C@H](C)N1Cc1cn(Cc2cc(-c3ccccc3)n[nH]2)nn1. The molecule has 2 N–H and O–H groups in total. The number of benzene rings is 1. The molecular weight excluding hydrogens is 326 g/mol. The number of nitrogens with one attached hydrogen (secondary N) is 2. The summed E-state index contributed by atoms with van der Waals surface area (Å²) in [7, 11) is 0. The summed E-state index contributed by atoms with van der Waals surface area (Å²) in [5.74, 6) is 0. The van der Waals surface area contributed by atoms with Gasteiger partial charge in [0, 0.05) is 37.3 Å². The molecule has 1 fully saturated rings. The zero-order valence-corrected chi connectivity index (χ0v) is 15.3. The van der Waals surface area contributed by atoms with Gasteiger partial charge in [0.05, 0.1) is 29.8 Å². The van der Waals surface area contributed by atoms with Crippen molar-refractivity contribution in [2.45, 2.75) is 39.0 Å². The van der Waals surface area contributed by atoms with E-state index in [0.29, 0.717) is 18.6 Å². The fraction of sp³-hybridized carbons (Fsp3) is 0.421. The minimum absolute atomic E-state index is 0.505. The number of hydrogen-bond acceptors (Lipinski definition) is 5. The van der Waals surface area contributed by atoms with Gasteiger partial charge in [0.2, 0.25) is 0 Å². The lowest BCUT2D eigenvalue weighted by Gasteiger charge is -2.38. The summed E-state index contributed by atoms with van der Waals surface area (Å²) in [4.78, 5) is 2.48. The van der Waals surface area contributed by atoms with Gasteiger partial charge in [-0.25, -0.2) is 4.68 Å². The minimum Gasteiger partial charge on any atom is -0.314 e. The Balaban J connectivity index is 1.42. The number of aromatic amines is 1. The van der Waals surface area contributed by atoms with Gasteiger partial charge in [-0.3, -0.25) is 10.00 Å². The third kappa shape index (κ3) is 3.68. The molecule has 0 unspecified atom stereocenters. The third-order valence-corrected chi connectivity index (χ3v) is 4.98. The summed E-state index contributed by atoms with van der Waals surface area (Å²) < 4.78 is 1.87. The van der Waals surface area contributed by atoms with Crippen molar-refractivity contribution >= 4 is 0 Å². The fourth-order valence-corrected chi connectivity index (χ4v) is 3.53. The molecule has 1 aromatic carbocycles. The second-order valence-corrected chi connectivity index (χ2v) is 7.08. The molecule has 2 aromatic heterocycles. The Labute approximate surface area is 153 Å². The zero-order valence-electron chi connectivity index (χ0n) is 15.3. The van der Waals surface area contributed by atoms with E-state index in [1.54, 1.807) is 0 Å². The highest BCUT2D eigenvalue weighted by atomic mass is 15.4. The highest BCUT2D eigenvalue weighted by Crippen LogP contribution is 2.17. The monoisotopic (exact) mass is 351 g/mol. The molecule has 1 aliphatic heterocycles. The van der Waals surface area contributed by atoms with Gasteiger partial charge in [-0.15, -0.1) is 5.10 Å². The van der Waals surface area contributed by atoms with E-state index in [4.69, 9.17) is 0 Å². The Morgan fingerprint density at radius 2 is 1.85 bits per heavy atom. The van der Waals surface area contributed by atoms with Crippen molar-refractivity contribution in [3.05, 3.63) is 54.0 Å². The van der Waals surface area contributed by atoms with Gasteiger partial charge in [-0.05, 0) is 19.9 Å². The highest BCUT2D eigenvalue weighted by Gasteiger charge is 2.25. The first-order chi connectivity index (χ1) is 12.7. The quantitative estimate of drug-likeness (QED) is 0.734. The molecule has 26 heavy (non-hydrogen) atoms. The molecule has 2 atom stereocenters. The maximum absolute atomic E-state index is 4.40. The van der Waals surface area contributed by atoms with Crippen LogP contribution in [0.2, 0.25) is 0 Å². The van der Waals surface area contributed by atoms with E-state index in [1.165, 1.54) is 0 Å². The molecular formula is C19H25N7. The third-order valence-electron chi connectivity index (χ3n) is 4.98. The molecule has 1 saturated heterocycles. The summed E-state index contributed by atoms with van der Waals surface area (Å²) in [6, 6.07) is 13.2. The molecule has 0 bridgehead atoms. The topological polar surface area (TPSA) is 74.7 Å². The van der Waals surface area contributed by atoms with Crippen LogP contribution in [0.1, 0.15) is 25.2 Å². The van der Waals surface area contributed by atoms with Crippen molar-refractivity contribution in [1.82, 2.24) is 35.4 Å². The normalized spacial score (nSPS) is 21.2. The Bertz CT molecular complexity index is 828. The van der Waals surface area contributed by atoms with Gasteiger partial charge in [0.25, 0.3) is 0 Å². The van der Waals surface area contributed by atoms with Crippen LogP contribution in [0, 0.1) is 0 Å². The lowest BCUT2D eigenvalue weighted by atomic mass is 10.1. The Morgan fingerprint density at radius 3 is 2.62 bits per heavy atom. The van der Waals surface area contributed by atoms with Crippen molar-refractivity contribution in [2.24, 2.45) is 0 Å². The summed E-state index contributed by atoms with van der Waals surface area (Å²) in [6.07, 6.45) is 2.03. The molecule has 4 rings (SSSR count). The first-order valence-electron chi connectivity index (χ1n) is 9.14. The summed E-state index contributed by atoms with van der Waals surface area (Å²) in [6.45, 7) is 8.02. The van der Waals surface area contributed by atoms with E-state index in [1.807, 2.05) is 29.1 Å². The van der Waals surface area contributed by atoms with Gasteiger partial charge in [-0.2, -0.15) is 5.10 Å². The maximum atomic E-state index is 4.40. The molecule has 136 valence electrons. The van der Waals surface area contributed by atoms with Crippen LogP contribution in [-0.4, -0.2) is 55.3 Å². The average Bonchev–Trinajstić information content (AvgIpc) is 3.29. The smallest absolute Gasteiger partial charge is 0.0967 e. The van der Waals surface area contributed by atoms with Gasteiger partial charge < -0.3 is 5.32 Å². The van der Waals surface area contributed by atoms with Crippen molar-refractivity contribution in [3.8, 4) is 11.3 Å². The molecule has 0 spiro atoms. The van der Waals surface area contributed by atoms with E-state index in [-0.39, 0.29) is 0 Å². The molecule has 1 aliphatic rings. The lowest BCUT2D eigenvalue weighted by molar-refractivity contribution is 0.107. The van der Waals surface area contributed by atoms with Crippen LogP contribution >= 0.6 is 0 Å². The van der Waals surface area contributed by atoms with E-state index in [2.05, 4.69) is 62.8 Å². The number of piperazine rings is 1. The van der Waals surface area contributed by atoms with E-state index in [0.717, 1.165) is 42.3 Å². The van der Waals surface area contributed by atoms with Gasteiger partial charge in [-0.1, -0.05) is 35.5 Å². The number of rotatable bonds is 5.